The zero-order valence-corrected chi connectivity index (χ0v) is 16.1. The van der Waals surface area contributed by atoms with Crippen molar-refractivity contribution in [3.05, 3.63) is 41.2 Å². The van der Waals surface area contributed by atoms with Gasteiger partial charge in [0.05, 0.1) is 35.9 Å². The molecule has 1 aromatic carbocycles. The van der Waals surface area contributed by atoms with Crippen LogP contribution >= 0.6 is 0 Å². The molecule has 0 radical (unpaired) electrons. The van der Waals surface area contributed by atoms with E-state index >= 15 is 0 Å². The highest BCUT2D eigenvalue weighted by Gasteiger charge is 2.43. The number of ether oxygens (including phenoxy) is 2. The number of piperidine rings is 1. The van der Waals surface area contributed by atoms with Crippen LogP contribution < -0.4 is 0 Å². The van der Waals surface area contributed by atoms with E-state index in [2.05, 4.69) is 10.3 Å². The van der Waals surface area contributed by atoms with Crippen molar-refractivity contribution in [2.24, 2.45) is 0 Å². The van der Waals surface area contributed by atoms with Gasteiger partial charge in [-0.15, -0.1) is 5.10 Å². The summed E-state index contributed by atoms with van der Waals surface area (Å²) in [6.07, 6.45) is 0.895. The molecule has 0 saturated carbocycles. The molecule has 0 atom stereocenters. The van der Waals surface area contributed by atoms with Gasteiger partial charge in [-0.1, -0.05) is 5.21 Å². The Morgan fingerprint density at radius 1 is 1.21 bits per heavy atom. The van der Waals surface area contributed by atoms with Crippen molar-refractivity contribution in [3.8, 4) is 0 Å². The van der Waals surface area contributed by atoms with Crippen molar-refractivity contribution in [2.45, 2.75) is 43.1 Å². The van der Waals surface area contributed by atoms with Crippen LogP contribution in [0.15, 0.2) is 23.1 Å². The highest BCUT2D eigenvalue weighted by Crippen LogP contribution is 2.35. The monoisotopic (exact) mass is 414 g/mol. The lowest BCUT2D eigenvalue weighted by Gasteiger charge is -2.43. The third-order valence-electron chi connectivity index (χ3n) is 5.26. The molecule has 8 nitrogen and oxygen atoms in total. The average molecular weight is 414 g/mol. The molecule has 0 aliphatic carbocycles. The van der Waals surface area contributed by atoms with Gasteiger partial charge in [0.25, 0.3) is 0 Å². The van der Waals surface area contributed by atoms with Gasteiger partial charge in [0.1, 0.15) is 17.3 Å². The van der Waals surface area contributed by atoms with Crippen LogP contribution in [0.1, 0.15) is 24.2 Å². The number of rotatable bonds is 4. The number of fused-ring (bicyclic) bond motifs is 1. The fraction of sp³-hybridized carbons (Fsp3) is 0.529. The predicted octanol–water partition coefficient (Wildman–Crippen LogP) is 1.46. The average Bonchev–Trinajstić information content (AvgIpc) is 3.03. The molecule has 2 aliphatic rings. The van der Waals surface area contributed by atoms with E-state index in [1.54, 1.807) is 11.8 Å². The maximum atomic E-state index is 13.4. The summed E-state index contributed by atoms with van der Waals surface area (Å²) in [5.41, 5.74) is 1.05. The molecule has 0 unspecified atom stereocenters. The summed E-state index contributed by atoms with van der Waals surface area (Å²) in [6.45, 7) is 1.53. The normalized spacial score (nSPS) is 19.7. The first-order valence-electron chi connectivity index (χ1n) is 8.83. The van der Waals surface area contributed by atoms with Crippen molar-refractivity contribution in [1.82, 2.24) is 19.3 Å². The van der Waals surface area contributed by atoms with Gasteiger partial charge in [0.2, 0.25) is 10.0 Å². The third-order valence-corrected chi connectivity index (χ3v) is 7.14. The molecule has 1 saturated heterocycles. The first-order valence-corrected chi connectivity index (χ1v) is 10.3. The maximum absolute atomic E-state index is 13.4. The molecule has 4 rings (SSSR count). The lowest BCUT2D eigenvalue weighted by molar-refractivity contribution is -0.117. The van der Waals surface area contributed by atoms with Crippen LogP contribution in [-0.2, 0) is 39.3 Å². The van der Waals surface area contributed by atoms with E-state index in [0.29, 0.717) is 38.7 Å². The topological polar surface area (TPSA) is 86.6 Å². The zero-order chi connectivity index (χ0) is 19.9. The van der Waals surface area contributed by atoms with E-state index in [4.69, 9.17) is 9.47 Å². The van der Waals surface area contributed by atoms with Crippen LogP contribution in [0.3, 0.4) is 0 Å². The number of halogens is 2. The fourth-order valence-electron chi connectivity index (χ4n) is 3.71. The van der Waals surface area contributed by atoms with Gasteiger partial charge in [0, 0.05) is 26.3 Å². The van der Waals surface area contributed by atoms with Gasteiger partial charge >= 0.3 is 0 Å². The summed E-state index contributed by atoms with van der Waals surface area (Å²) in [4.78, 5) is -0.381. The highest BCUT2D eigenvalue weighted by atomic mass is 32.2. The number of benzene rings is 1. The Kier molecular flexibility index (Phi) is 4.94. The van der Waals surface area contributed by atoms with E-state index in [-0.39, 0.29) is 18.0 Å². The maximum Gasteiger partial charge on any atom is 0.243 e. The van der Waals surface area contributed by atoms with Crippen LogP contribution in [0.2, 0.25) is 0 Å². The molecule has 0 bridgehead atoms. The number of aromatic nitrogens is 3. The van der Waals surface area contributed by atoms with Crippen LogP contribution in [0, 0.1) is 11.6 Å². The van der Waals surface area contributed by atoms with E-state index < -0.39 is 27.3 Å². The van der Waals surface area contributed by atoms with Gasteiger partial charge in [-0.3, -0.25) is 0 Å². The number of sulfonamides is 1. The van der Waals surface area contributed by atoms with Gasteiger partial charge in [-0.2, -0.15) is 4.31 Å². The Morgan fingerprint density at radius 3 is 2.54 bits per heavy atom. The quantitative estimate of drug-likeness (QED) is 0.753. The predicted molar refractivity (Wildman–Crippen MR) is 92.6 cm³/mol. The summed E-state index contributed by atoms with van der Waals surface area (Å²) in [5.74, 6) is -1.85. The van der Waals surface area contributed by atoms with E-state index in [0.717, 1.165) is 23.5 Å². The summed E-state index contributed by atoms with van der Waals surface area (Å²) >= 11 is 0. The minimum Gasteiger partial charge on any atom is -0.378 e. The van der Waals surface area contributed by atoms with Crippen LogP contribution in [0.25, 0.3) is 0 Å². The second-order valence-electron chi connectivity index (χ2n) is 7.05. The molecule has 28 heavy (non-hydrogen) atoms. The van der Waals surface area contributed by atoms with Crippen molar-refractivity contribution in [3.63, 3.8) is 0 Å². The summed E-state index contributed by atoms with van der Waals surface area (Å²) < 4.78 is 66.6. The Hall–Kier alpha value is -1.95. The van der Waals surface area contributed by atoms with Crippen molar-refractivity contribution in [1.29, 1.82) is 0 Å². The molecule has 1 aromatic heterocycles. The first-order chi connectivity index (χ1) is 13.3. The summed E-state index contributed by atoms with van der Waals surface area (Å²) in [7, 11) is -2.40. The van der Waals surface area contributed by atoms with E-state index in [1.807, 2.05) is 0 Å². The molecule has 1 spiro atoms. The van der Waals surface area contributed by atoms with Gasteiger partial charge in [0.15, 0.2) is 0 Å². The first kappa shape index (κ1) is 19.4. The number of hydrogen-bond donors (Lipinski definition) is 0. The molecule has 0 N–H and O–H groups in total. The second kappa shape index (κ2) is 7.14. The van der Waals surface area contributed by atoms with Crippen LogP contribution in [0.4, 0.5) is 8.78 Å². The van der Waals surface area contributed by atoms with Gasteiger partial charge in [-0.05, 0) is 25.0 Å². The molecule has 1 fully saturated rings. The summed E-state index contributed by atoms with van der Waals surface area (Å²) in [6, 6.07) is 2.31. The molecular formula is C17H20F2N4O4S. The van der Waals surface area contributed by atoms with Crippen molar-refractivity contribution < 1.29 is 26.7 Å². The largest absolute Gasteiger partial charge is 0.378 e. The minimum atomic E-state index is -3.98. The molecular weight excluding hydrogens is 394 g/mol. The molecule has 3 heterocycles. The Bertz CT molecular complexity index is 967. The fourth-order valence-corrected chi connectivity index (χ4v) is 5.19. The molecule has 2 aromatic rings. The minimum absolute atomic E-state index is 0.190. The van der Waals surface area contributed by atoms with E-state index in [9.17, 15) is 17.2 Å². The molecule has 11 heteroatoms. The molecule has 152 valence electrons. The van der Waals surface area contributed by atoms with Crippen molar-refractivity contribution >= 4 is 10.0 Å². The highest BCUT2D eigenvalue weighted by molar-refractivity contribution is 7.89. The zero-order valence-electron chi connectivity index (χ0n) is 15.3. The lowest BCUT2D eigenvalue weighted by Crippen LogP contribution is -2.52. The lowest BCUT2D eigenvalue weighted by atomic mass is 9.91. The standard InChI is InChI=1S/C17H20F2N4O4S/c1-26-9-15-16-10-27-17(11-23(16)21-20-15)2-4-22(5-3-17)28(24,25)14-7-12(18)6-13(19)8-14/h6-8H,2-5,9-11H2,1H3. The second-order valence-corrected chi connectivity index (χ2v) is 8.99. The number of methoxy groups -OCH3 is 1. The SMILES string of the molecule is COCc1nnn2c1COC1(CCN(S(=O)(=O)c3cc(F)cc(F)c3)CC1)C2. The van der Waals surface area contributed by atoms with E-state index in [1.165, 1.54) is 4.31 Å². The van der Waals surface area contributed by atoms with Gasteiger partial charge < -0.3 is 9.47 Å². The Labute approximate surface area is 161 Å². The Morgan fingerprint density at radius 2 is 1.89 bits per heavy atom. The Balaban J connectivity index is 1.48. The summed E-state index contributed by atoms with van der Waals surface area (Å²) in [5, 5.41) is 8.26. The van der Waals surface area contributed by atoms with Gasteiger partial charge in [-0.25, -0.2) is 21.9 Å². The third kappa shape index (κ3) is 3.43. The molecule has 0 amide bonds. The molecule has 2 aliphatic heterocycles. The van der Waals surface area contributed by atoms with Crippen LogP contribution in [0.5, 0.6) is 0 Å². The van der Waals surface area contributed by atoms with Crippen molar-refractivity contribution in [2.75, 3.05) is 20.2 Å². The smallest absolute Gasteiger partial charge is 0.243 e. The number of hydrogen-bond acceptors (Lipinski definition) is 6. The number of nitrogens with zero attached hydrogens (tertiary/aromatic N) is 4. The van der Waals surface area contributed by atoms with Crippen LogP contribution in [-0.4, -0.2) is 53.5 Å².